The van der Waals surface area contributed by atoms with E-state index in [4.69, 9.17) is 35.9 Å². The van der Waals surface area contributed by atoms with Gasteiger partial charge in [0.05, 0.1) is 26.4 Å². The molecule has 182 valence electrons. The number of methoxy groups -OCH3 is 3. The molecule has 1 unspecified atom stereocenters. The number of nitrogens with one attached hydrogen (secondary N) is 1. The lowest BCUT2D eigenvalue weighted by molar-refractivity contribution is -0.118. The molecule has 0 spiro atoms. The number of nitrogens with zero attached hydrogens (tertiary/aromatic N) is 3. The van der Waals surface area contributed by atoms with Crippen LogP contribution in [0.1, 0.15) is 38.3 Å². The average Bonchev–Trinajstić information content (AvgIpc) is 3.24. The second-order valence-electron chi connectivity index (χ2n) is 9.50. The molecule has 35 heavy (non-hydrogen) atoms. The number of halogens is 1. The molecule has 0 amide bonds. The normalized spacial score (nSPS) is 18.5. The Balaban J connectivity index is 1.74. The summed E-state index contributed by atoms with van der Waals surface area (Å²) < 4.78 is 18.5. The third kappa shape index (κ3) is 3.91. The van der Waals surface area contributed by atoms with Crippen LogP contribution in [0.5, 0.6) is 17.2 Å². The first-order chi connectivity index (χ1) is 16.8. The number of anilines is 1. The first-order valence-electron chi connectivity index (χ1n) is 11.3. The van der Waals surface area contributed by atoms with Crippen LogP contribution in [0, 0.1) is 5.41 Å². The zero-order valence-electron chi connectivity index (χ0n) is 20.3. The number of hydrogen-bond acceptors (Lipinski definition) is 7. The van der Waals surface area contributed by atoms with Crippen LogP contribution in [0.2, 0.25) is 5.02 Å². The molecule has 1 atom stereocenters. The van der Waals surface area contributed by atoms with Crippen LogP contribution in [-0.2, 0) is 4.79 Å². The van der Waals surface area contributed by atoms with E-state index in [1.54, 1.807) is 32.1 Å². The molecule has 0 radical (unpaired) electrons. The van der Waals surface area contributed by atoms with Crippen molar-refractivity contribution in [1.29, 1.82) is 0 Å². The summed E-state index contributed by atoms with van der Waals surface area (Å²) in [6.45, 7) is 4.19. The lowest BCUT2D eigenvalue weighted by Crippen LogP contribution is -2.36. The molecule has 1 N–H and O–H groups in total. The monoisotopic (exact) mass is 494 g/mol. The molecule has 9 heteroatoms. The molecule has 0 fully saturated rings. The molecule has 2 aliphatic rings. The van der Waals surface area contributed by atoms with E-state index in [-0.39, 0.29) is 11.2 Å². The van der Waals surface area contributed by atoms with Gasteiger partial charge in [-0.3, -0.25) is 4.79 Å². The molecule has 8 nitrogen and oxygen atoms in total. The molecule has 3 aromatic rings. The number of hydrogen-bond donors (Lipinski definition) is 1. The first-order valence-corrected chi connectivity index (χ1v) is 11.7. The van der Waals surface area contributed by atoms with Gasteiger partial charge in [0.1, 0.15) is 6.04 Å². The van der Waals surface area contributed by atoms with E-state index >= 15 is 0 Å². The van der Waals surface area contributed by atoms with Crippen molar-refractivity contribution in [2.45, 2.75) is 32.7 Å². The maximum absolute atomic E-state index is 13.5. The van der Waals surface area contributed by atoms with E-state index in [1.165, 1.54) is 0 Å². The standard InChI is InChI=1S/C26H27ClN4O4/c1-26(2)12-17-21(18(32)13-26)22(14-10-19(33-3)23(35-5)20(11-14)34-4)31-25(28-17)29-24(30-31)15-8-6-7-9-16(15)27/h6-11,22H,12-13H2,1-5H3,(H,28,29,30). The largest absolute Gasteiger partial charge is 0.493 e. The summed E-state index contributed by atoms with van der Waals surface area (Å²) >= 11 is 6.45. The second kappa shape index (κ2) is 8.61. The number of aromatic nitrogens is 3. The number of allylic oxidation sites excluding steroid dienone is 2. The van der Waals surface area contributed by atoms with Crippen molar-refractivity contribution in [2.75, 3.05) is 26.6 Å². The number of benzene rings is 2. The first kappa shape index (κ1) is 23.2. The number of rotatable bonds is 5. The Kier molecular flexibility index (Phi) is 5.71. The summed E-state index contributed by atoms with van der Waals surface area (Å²) in [5, 5.41) is 8.76. The van der Waals surface area contributed by atoms with E-state index in [9.17, 15) is 4.79 Å². The van der Waals surface area contributed by atoms with Crippen LogP contribution in [0.25, 0.3) is 11.4 Å². The smallest absolute Gasteiger partial charge is 0.226 e. The van der Waals surface area contributed by atoms with Crippen LogP contribution in [0.3, 0.4) is 0 Å². The summed E-state index contributed by atoms with van der Waals surface area (Å²) in [6, 6.07) is 10.6. The summed E-state index contributed by atoms with van der Waals surface area (Å²) in [6.07, 6.45) is 1.15. The van der Waals surface area contributed by atoms with Crippen LogP contribution in [0.15, 0.2) is 47.7 Å². The van der Waals surface area contributed by atoms with Crippen molar-refractivity contribution in [1.82, 2.24) is 14.8 Å². The van der Waals surface area contributed by atoms with Gasteiger partial charge in [-0.25, -0.2) is 4.68 Å². The maximum atomic E-state index is 13.5. The summed E-state index contributed by atoms with van der Waals surface area (Å²) in [7, 11) is 4.70. The molecule has 2 aromatic carbocycles. The number of carbonyl (C=O) groups is 1. The van der Waals surface area contributed by atoms with Gasteiger partial charge in [-0.2, -0.15) is 4.98 Å². The minimum Gasteiger partial charge on any atom is -0.493 e. The van der Waals surface area contributed by atoms with Crippen LogP contribution in [-0.4, -0.2) is 41.9 Å². The molecular formula is C26H27ClN4O4. The van der Waals surface area contributed by atoms with Gasteiger partial charge in [-0.15, -0.1) is 5.10 Å². The second-order valence-corrected chi connectivity index (χ2v) is 9.91. The summed E-state index contributed by atoms with van der Waals surface area (Å²) in [5.41, 5.74) is 2.85. The highest BCUT2D eigenvalue weighted by Gasteiger charge is 2.42. The van der Waals surface area contributed by atoms with E-state index in [1.807, 2.05) is 30.3 Å². The van der Waals surface area contributed by atoms with E-state index < -0.39 is 6.04 Å². The fraction of sp³-hybridized carbons (Fsp3) is 0.346. The van der Waals surface area contributed by atoms with E-state index in [0.29, 0.717) is 58.0 Å². The van der Waals surface area contributed by atoms with Gasteiger partial charge in [0.25, 0.3) is 0 Å². The number of fused-ring (bicyclic) bond motifs is 1. The van der Waals surface area contributed by atoms with Gasteiger partial charge in [0.15, 0.2) is 23.1 Å². The Morgan fingerprint density at radius 1 is 1.06 bits per heavy atom. The Labute approximate surface area is 208 Å². The van der Waals surface area contributed by atoms with Gasteiger partial charge in [-0.1, -0.05) is 37.6 Å². The maximum Gasteiger partial charge on any atom is 0.226 e. The summed E-state index contributed by atoms with van der Waals surface area (Å²) in [5.74, 6) is 2.57. The van der Waals surface area contributed by atoms with E-state index in [0.717, 1.165) is 11.3 Å². The summed E-state index contributed by atoms with van der Waals surface area (Å²) in [4.78, 5) is 18.3. The molecule has 5 rings (SSSR count). The lowest BCUT2D eigenvalue weighted by Gasteiger charge is -2.38. The highest BCUT2D eigenvalue weighted by molar-refractivity contribution is 6.33. The average molecular weight is 495 g/mol. The molecule has 1 aliphatic heterocycles. The fourth-order valence-corrected chi connectivity index (χ4v) is 5.15. The minimum atomic E-state index is -0.526. The third-order valence-electron chi connectivity index (χ3n) is 6.45. The molecule has 1 aliphatic carbocycles. The number of ketones is 1. The Morgan fingerprint density at radius 3 is 2.37 bits per heavy atom. The minimum absolute atomic E-state index is 0.0722. The van der Waals surface area contributed by atoms with Gasteiger partial charge < -0.3 is 19.5 Å². The zero-order chi connectivity index (χ0) is 24.9. The van der Waals surface area contributed by atoms with Crippen molar-refractivity contribution in [3.05, 3.63) is 58.3 Å². The Hall–Kier alpha value is -3.52. The fourth-order valence-electron chi connectivity index (χ4n) is 4.93. The SMILES string of the molecule is COc1cc(C2C3=C(CC(C)(C)CC3=O)Nc3nc(-c4ccccc4Cl)nn32)cc(OC)c1OC. The van der Waals surface area contributed by atoms with Crippen LogP contribution in [0.4, 0.5) is 5.95 Å². The topological polar surface area (TPSA) is 87.5 Å². The lowest BCUT2D eigenvalue weighted by atomic mass is 9.73. The molecule has 1 aromatic heterocycles. The van der Waals surface area contributed by atoms with Gasteiger partial charge >= 0.3 is 0 Å². The van der Waals surface area contributed by atoms with Gasteiger partial charge in [-0.05, 0) is 41.7 Å². The number of carbonyl (C=O) groups excluding carboxylic acids is 1. The van der Waals surface area contributed by atoms with Crippen molar-refractivity contribution >= 4 is 23.3 Å². The van der Waals surface area contributed by atoms with Crippen molar-refractivity contribution in [3.63, 3.8) is 0 Å². The predicted molar refractivity (Wildman–Crippen MR) is 133 cm³/mol. The predicted octanol–water partition coefficient (Wildman–Crippen LogP) is 5.28. The molecule has 0 saturated carbocycles. The Morgan fingerprint density at radius 2 is 1.74 bits per heavy atom. The molecular weight excluding hydrogens is 468 g/mol. The van der Waals surface area contributed by atoms with Crippen LogP contribution < -0.4 is 19.5 Å². The third-order valence-corrected chi connectivity index (χ3v) is 6.78. The van der Waals surface area contributed by atoms with Gasteiger partial charge in [0.2, 0.25) is 11.7 Å². The molecule has 2 heterocycles. The highest BCUT2D eigenvalue weighted by atomic mass is 35.5. The molecule has 0 saturated heterocycles. The highest BCUT2D eigenvalue weighted by Crippen LogP contribution is 2.48. The quantitative estimate of drug-likeness (QED) is 0.516. The van der Waals surface area contributed by atoms with Crippen molar-refractivity contribution < 1.29 is 19.0 Å². The Bertz CT molecular complexity index is 1340. The van der Waals surface area contributed by atoms with Crippen molar-refractivity contribution in [2.24, 2.45) is 5.41 Å². The van der Waals surface area contributed by atoms with Crippen molar-refractivity contribution in [3.8, 4) is 28.6 Å². The number of ether oxygens (including phenoxy) is 3. The number of Topliss-reactive ketones (excluding diaryl/α,β-unsaturated/α-hetero) is 1. The van der Waals surface area contributed by atoms with Gasteiger partial charge in [0, 0.05) is 23.3 Å². The van der Waals surface area contributed by atoms with E-state index in [2.05, 4.69) is 19.2 Å². The molecule has 0 bridgehead atoms. The zero-order valence-corrected chi connectivity index (χ0v) is 21.1. The van der Waals surface area contributed by atoms with Crippen LogP contribution >= 0.6 is 11.6 Å².